The number of carbonyl (C=O) groups is 1. The zero-order valence-electron chi connectivity index (χ0n) is 15.8. The van der Waals surface area contributed by atoms with Crippen LogP contribution in [0.3, 0.4) is 0 Å². The van der Waals surface area contributed by atoms with E-state index >= 15 is 0 Å². The number of amides is 1. The van der Waals surface area contributed by atoms with Crippen molar-refractivity contribution >= 4 is 11.7 Å². The molecule has 0 radical (unpaired) electrons. The van der Waals surface area contributed by atoms with Crippen LogP contribution in [0.1, 0.15) is 39.4 Å². The van der Waals surface area contributed by atoms with Crippen LogP contribution in [0.15, 0.2) is 30.3 Å². The van der Waals surface area contributed by atoms with Crippen molar-refractivity contribution in [1.82, 2.24) is 25.5 Å². The van der Waals surface area contributed by atoms with E-state index in [4.69, 9.17) is 9.97 Å². The average molecular weight is 374 g/mol. The molecule has 0 fully saturated rings. The van der Waals surface area contributed by atoms with Crippen molar-refractivity contribution in [2.24, 2.45) is 0 Å². The van der Waals surface area contributed by atoms with Gasteiger partial charge in [-0.1, -0.05) is 30.3 Å². The molecule has 1 aliphatic heterocycles. The molecule has 5 rings (SSSR count). The van der Waals surface area contributed by atoms with Gasteiger partial charge in [0.15, 0.2) is 11.5 Å². The van der Waals surface area contributed by atoms with Gasteiger partial charge < -0.3 is 10.2 Å². The third-order valence-corrected chi connectivity index (χ3v) is 5.62. The van der Waals surface area contributed by atoms with Gasteiger partial charge in [-0.05, 0) is 19.3 Å². The summed E-state index contributed by atoms with van der Waals surface area (Å²) in [5.41, 5.74) is 5.95. The molecule has 142 valence electrons. The highest BCUT2D eigenvalue weighted by Gasteiger charge is 2.29. The molecule has 0 saturated carbocycles. The number of nitrogens with zero attached hydrogens (tertiary/aromatic N) is 4. The monoisotopic (exact) mass is 374 g/mol. The summed E-state index contributed by atoms with van der Waals surface area (Å²) < 4.78 is 0. The summed E-state index contributed by atoms with van der Waals surface area (Å²) in [5, 5.41) is 9.95. The van der Waals surface area contributed by atoms with E-state index in [1.165, 1.54) is 5.56 Å². The van der Waals surface area contributed by atoms with E-state index in [9.17, 15) is 4.79 Å². The van der Waals surface area contributed by atoms with E-state index in [1.54, 1.807) is 7.05 Å². The second-order valence-electron chi connectivity index (χ2n) is 7.30. The average Bonchev–Trinajstić information content (AvgIpc) is 3.39. The van der Waals surface area contributed by atoms with E-state index in [2.05, 4.69) is 32.5 Å². The lowest BCUT2D eigenvalue weighted by Gasteiger charge is -2.30. The number of aryl methyl sites for hydroxylation is 1. The number of nitrogens with one attached hydrogen (secondary N) is 2. The number of aromatic amines is 1. The molecule has 3 heterocycles. The lowest BCUT2D eigenvalue weighted by atomic mass is 10.0. The summed E-state index contributed by atoms with van der Waals surface area (Å²) in [6.07, 6.45) is 3.94. The normalized spacial score (nSPS) is 15.2. The fraction of sp³-hybridized carbons (Fsp3) is 0.333. The topological polar surface area (TPSA) is 86.8 Å². The van der Waals surface area contributed by atoms with Crippen molar-refractivity contribution in [2.45, 2.75) is 32.2 Å². The van der Waals surface area contributed by atoms with Gasteiger partial charge in [-0.3, -0.25) is 9.89 Å². The molecule has 7 heteroatoms. The molecule has 1 aromatic carbocycles. The minimum absolute atomic E-state index is 0.155. The smallest absolute Gasteiger partial charge is 0.271 e. The molecule has 2 N–H and O–H groups in total. The van der Waals surface area contributed by atoms with Gasteiger partial charge in [0.2, 0.25) is 0 Å². The van der Waals surface area contributed by atoms with Crippen LogP contribution >= 0.6 is 0 Å². The number of hydrogen-bond acceptors (Lipinski definition) is 5. The summed E-state index contributed by atoms with van der Waals surface area (Å²) in [5.74, 6) is 1.63. The van der Waals surface area contributed by atoms with Crippen LogP contribution in [0.5, 0.6) is 0 Å². The van der Waals surface area contributed by atoms with Crippen LogP contribution < -0.4 is 10.2 Å². The summed E-state index contributed by atoms with van der Waals surface area (Å²) in [7, 11) is 1.63. The molecular weight excluding hydrogens is 352 g/mol. The Kier molecular flexibility index (Phi) is 4.07. The first kappa shape index (κ1) is 16.9. The van der Waals surface area contributed by atoms with E-state index < -0.39 is 0 Å². The Morgan fingerprint density at radius 3 is 2.79 bits per heavy atom. The van der Waals surface area contributed by atoms with Crippen molar-refractivity contribution in [3.8, 4) is 11.4 Å². The third kappa shape index (κ3) is 2.74. The van der Waals surface area contributed by atoms with Crippen LogP contribution in [0.4, 0.5) is 5.82 Å². The maximum absolute atomic E-state index is 12.2. The highest BCUT2D eigenvalue weighted by atomic mass is 16.1. The largest absolute Gasteiger partial charge is 0.354 e. The molecule has 0 bridgehead atoms. The van der Waals surface area contributed by atoms with Crippen molar-refractivity contribution < 1.29 is 4.79 Å². The number of aromatic nitrogens is 4. The van der Waals surface area contributed by atoms with Crippen LogP contribution in [-0.4, -0.2) is 39.7 Å². The van der Waals surface area contributed by atoms with Crippen molar-refractivity contribution in [2.75, 3.05) is 18.5 Å². The lowest BCUT2D eigenvalue weighted by molar-refractivity contribution is 0.0957. The third-order valence-electron chi connectivity index (χ3n) is 5.62. The molecule has 3 aromatic rings. The van der Waals surface area contributed by atoms with Gasteiger partial charge >= 0.3 is 0 Å². The van der Waals surface area contributed by atoms with Gasteiger partial charge in [-0.15, -0.1) is 0 Å². The number of anilines is 1. The first-order valence-corrected chi connectivity index (χ1v) is 9.73. The van der Waals surface area contributed by atoms with Crippen LogP contribution in [0, 0.1) is 0 Å². The lowest BCUT2D eigenvalue weighted by Crippen LogP contribution is -2.33. The minimum Gasteiger partial charge on any atom is -0.354 e. The van der Waals surface area contributed by atoms with E-state index in [-0.39, 0.29) is 5.91 Å². The molecule has 2 aromatic heterocycles. The summed E-state index contributed by atoms with van der Waals surface area (Å²) >= 11 is 0. The summed E-state index contributed by atoms with van der Waals surface area (Å²) in [6.45, 7) is 1.48. The Hall–Kier alpha value is -3.22. The van der Waals surface area contributed by atoms with Gasteiger partial charge in [0, 0.05) is 54.6 Å². The minimum atomic E-state index is -0.155. The fourth-order valence-electron chi connectivity index (χ4n) is 4.17. The van der Waals surface area contributed by atoms with Gasteiger partial charge in [0.05, 0.1) is 0 Å². The predicted molar refractivity (Wildman–Crippen MR) is 106 cm³/mol. The zero-order valence-corrected chi connectivity index (χ0v) is 15.8. The molecule has 1 aliphatic carbocycles. The number of H-pyrrole nitrogens is 1. The van der Waals surface area contributed by atoms with Crippen molar-refractivity contribution in [3.05, 3.63) is 58.5 Å². The van der Waals surface area contributed by atoms with E-state index in [1.807, 2.05) is 18.2 Å². The molecule has 28 heavy (non-hydrogen) atoms. The van der Waals surface area contributed by atoms with Crippen molar-refractivity contribution in [3.63, 3.8) is 0 Å². The molecule has 7 nitrogen and oxygen atoms in total. The van der Waals surface area contributed by atoms with Gasteiger partial charge in [-0.25, -0.2) is 9.97 Å². The molecule has 2 aliphatic rings. The Morgan fingerprint density at radius 1 is 1.11 bits per heavy atom. The molecule has 0 saturated heterocycles. The molecule has 0 atom stereocenters. The number of carbonyl (C=O) groups excluding carboxylic acids is 1. The first-order chi connectivity index (χ1) is 13.7. The Bertz CT molecular complexity index is 1040. The Labute approximate surface area is 163 Å². The number of fused-ring (bicyclic) bond motifs is 2. The van der Waals surface area contributed by atoms with Gasteiger partial charge in [0.1, 0.15) is 5.82 Å². The van der Waals surface area contributed by atoms with Crippen LogP contribution in [0.2, 0.25) is 0 Å². The van der Waals surface area contributed by atoms with E-state index in [0.29, 0.717) is 12.2 Å². The summed E-state index contributed by atoms with van der Waals surface area (Å²) in [6, 6.07) is 10.1. The highest BCUT2D eigenvalue weighted by Crippen LogP contribution is 2.34. The molecule has 1 amide bonds. The highest BCUT2D eigenvalue weighted by molar-refractivity contribution is 5.94. The Morgan fingerprint density at radius 2 is 1.96 bits per heavy atom. The van der Waals surface area contributed by atoms with Gasteiger partial charge in [-0.2, -0.15) is 5.10 Å². The fourth-order valence-corrected chi connectivity index (χ4v) is 4.17. The van der Waals surface area contributed by atoms with Crippen LogP contribution in [-0.2, 0) is 25.8 Å². The second kappa shape index (κ2) is 6.74. The molecule has 0 spiro atoms. The zero-order chi connectivity index (χ0) is 19.1. The number of rotatable bonds is 3. The van der Waals surface area contributed by atoms with Crippen LogP contribution in [0.25, 0.3) is 11.4 Å². The molecular formula is C21H22N6O. The van der Waals surface area contributed by atoms with E-state index in [0.717, 1.165) is 66.4 Å². The van der Waals surface area contributed by atoms with Gasteiger partial charge in [0.25, 0.3) is 5.91 Å². The summed E-state index contributed by atoms with van der Waals surface area (Å²) in [4.78, 5) is 24.3. The molecule has 0 unspecified atom stereocenters. The number of hydrogen-bond donors (Lipinski definition) is 2. The standard InChI is InChI=1S/C21H22N6O/c1-22-21(28)18-15-12-27(11-10-17(15)25-26-18)20-14-8-5-9-16(14)23-19(24-20)13-6-3-2-4-7-13/h2-4,6-7H,5,8-12H2,1H3,(H,22,28)(H,25,26). The number of benzene rings is 1. The first-order valence-electron chi connectivity index (χ1n) is 9.73. The predicted octanol–water partition coefficient (Wildman–Crippen LogP) is 2.28. The second-order valence-corrected chi connectivity index (χ2v) is 7.30. The maximum Gasteiger partial charge on any atom is 0.271 e. The SMILES string of the molecule is CNC(=O)c1n[nH]c2c1CN(c1nc(-c3ccccc3)nc3c1CCC3)CC2. The van der Waals surface area contributed by atoms with Crippen molar-refractivity contribution in [1.29, 1.82) is 0 Å². The maximum atomic E-state index is 12.2. The quantitative estimate of drug-likeness (QED) is 0.734. The Balaban J connectivity index is 1.56.